The molecule has 186 valence electrons. The lowest BCUT2D eigenvalue weighted by Gasteiger charge is -2.50. The number of pyridine rings is 1. The Kier molecular flexibility index (Phi) is 6.08. The van der Waals surface area contributed by atoms with Crippen LogP contribution < -0.4 is 4.90 Å². The number of nitrogens with zero attached hydrogens (tertiary/aromatic N) is 3. The van der Waals surface area contributed by atoms with Crippen molar-refractivity contribution in [3.05, 3.63) is 29.5 Å². The Balaban J connectivity index is 1.78. The highest BCUT2D eigenvalue weighted by molar-refractivity contribution is 5.91. The van der Waals surface area contributed by atoms with Crippen molar-refractivity contribution in [2.75, 3.05) is 38.8 Å². The average Bonchev–Trinajstić information content (AvgIpc) is 2.69. The molecule has 34 heavy (non-hydrogen) atoms. The van der Waals surface area contributed by atoms with Crippen molar-refractivity contribution in [3.8, 4) is 0 Å². The molecule has 1 aromatic heterocycles. The number of amides is 1. The fourth-order valence-corrected chi connectivity index (χ4v) is 4.75. The molecule has 0 radical (unpaired) electrons. The number of anilines is 1. The first-order chi connectivity index (χ1) is 15.9. The van der Waals surface area contributed by atoms with E-state index < -0.39 is 29.0 Å². The van der Waals surface area contributed by atoms with Gasteiger partial charge < -0.3 is 19.1 Å². The van der Waals surface area contributed by atoms with Gasteiger partial charge in [-0.15, -0.1) is 0 Å². The third-order valence-corrected chi connectivity index (χ3v) is 6.43. The minimum absolute atomic E-state index is 0.00962. The van der Waals surface area contributed by atoms with Gasteiger partial charge in [0, 0.05) is 50.6 Å². The van der Waals surface area contributed by atoms with Crippen LogP contribution in [0, 0.1) is 5.41 Å². The largest absolute Gasteiger partial charge is 0.464 e. The number of ether oxygens (including phenoxy) is 3. The summed E-state index contributed by atoms with van der Waals surface area (Å²) in [4.78, 5) is 33.2. The number of alkyl halides is 2. The van der Waals surface area contributed by atoms with E-state index in [-0.39, 0.29) is 31.2 Å². The summed E-state index contributed by atoms with van der Waals surface area (Å²) in [7, 11) is 2.90. The molecule has 0 atom stereocenters. The number of esters is 1. The molecule has 3 heterocycles. The zero-order valence-corrected chi connectivity index (χ0v) is 20.2. The number of halogens is 2. The van der Waals surface area contributed by atoms with Crippen LogP contribution in [0.3, 0.4) is 0 Å². The third-order valence-electron chi connectivity index (χ3n) is 6.43. The molecule has 4 rings (SSSR count). The number of hydrogen-bond acceptors (Lipinski definition) is 7. The molecule has 1 amide bonds. The number of aromatic nitrogens is 1. The summed E-state index contributed by atoms with van der Waals surface area (Å²) in [5.74, 6) is -2.83. The Morgan fingerprint density at radius 2 is 1.82 bits per heavy atom. The highest BCUT2D eigenvalue weighted by atomic mass is 19.3. The number of methoxy groups -OCH3 is 2. The van der Waals surface area contributed by atoms with Crippen molar-refractivity contribution >= 4 is 23.6 Å². The summed E-state index contributed by atoms with van der Waals surface area (Å²) < 4.78 is 43.6. The van der Waals surface area contributed by atoms with Crippen LogP contribution in [0.25, 0.3) is 5.70 Å². The van der Waals surface area contributed by atoms with E-state index in [2.05, 4.69) is 4.98 Å². The number of allylic oxidation sites excluding steroid dienone is 1. The molecule has 10 heteroatoms. The molecule has 0 N–H and O–H groups in total. The van der Waals surface area contributed by atoms with Crippen LogP contribution in [0.15, 0.2) is 18.2 Å². The van der Waals surface area contributed by atoms with Gasteiger partial charge in [-0.3, -0.25) is 4.90 Å². The van der Waals surface area contributed by atoms with Gasteiger partial charge in [-0.1, -0.05) is 6.08 Å². The lowest BCUT2D eigenvalue weighted by atomic mass is 9.62. The van der Waals surface area contributed by atoms with Crippen LogP contribution in [0.4, 0.5) is 19.4 Å². The van der Waals surface area contributed by atoms with Crippen LogP contribution in [0.1, 0.15) is 56.1 Å². The fraction of sp³-hybridized carbons (Fsp3) is 0.625. The molecule has 1 saturated carbocycles. The predicted molar refractivity (Wildman–Crippen MR) is 121 cm³/mol. The van der Waals surface area contributed by atoms with E-state index in [4.69, 9.17) is 14.2 Å². The van der Waals surface area contributed by atoms with Crippen molar-refractivity contribution in [2.45, 2.75) is 57.7 Å². The number of hydrogen-bond donors (Lipinski definition) is 0. The molecule has 2 aliphatic heterocycles. The molecule has 0 aromatic carbocycles. The van der Waals surface area contributed by atoms with Crippen molar-refractivity contribution in [3.63, 3.8) is 0 Å². The van der Waals surface area contributed by atoms with E-state index in [9.17, 15) is 18.4 Å². The molecule has 1 aliphatic carbocycles. The van der Waals surface area contributed by atoms with Gasteiger partial charge in [0.15, 0.2) is 5.69 Å². The van der Waals surface area contributed by atoms with Crippen LogP contribution >= 0.6 is 0 Å². The van der Waals surface area contributed by atoms with Gasteiger partial charge in [0.2, 0.25) is 5.92 Å². The van der Waals surface area contributed by atoms with Crippen molar-refractivity contribution in [1.29, 1.82) is 0 Å². The fourth-order valence-electron chi connectivity index (χ4n) is 4.75. The molecule has 3 aliphatic rings. The first kappa shape index (κ1) is 24.4. The minimum atomic E-state index is -2.71. The average molecular weight is 480 g/mol. The zero-order chi connectivity index (χ0) is 24.9. The SMILES string of the molecule is COC(=O)c1ccc(C2=CC3(CCN2C(=O)OC(C)(C)C)CC(F)(F)C3)c(N2CC(OC)C2)n1. The Morgan fingerprint density at radius 3 is 2.38 bits per heavy atom. The minimum Gasteiger partial charge on any atom is -0.464 e. The van der Waals surface area contributed by atoms with E-state index in [0.717, 1.165) is 0 Å². The summed E-state index contributed by atoms with van der Waals surface area (Å²) in [6.07, 6.45) is 1.12. The molecule has 2 fully saturated rings. The van der Waals surface area contributed by atoms with Crippen molar-refractivity contribution < 1.29 is 32.6 Å². The van der Waals surface area contributed by atoms with Crippen LogP contribution in [-0.4, -0.2) is 73.4 Å². The number of carbonyl (C=O) groups excluding carboxylic acids is 2. The summed E-state index contributed by atoms with van der Waals surface area (Å²) in [5.41, 5.74) is -0.259. The molecule has 1 aromatic rings. The second-order valence-electron chi connectivity index (χ2n) is 10.3. The zero-order valence-electron chi connectivity index (χ0n) is 20.2. The summed E-state index contributed by atoms with van der Waals surface area (Å²) in [6, 6.07) is 3.21. The predicted octanol–water partition coefficient (Wildman–Crippen LogP) is 4.10. The molecule has 0 bridgehead atoms. The van der Waals surface area contributed by atoms with Crippen LogP contribution in [0.2, 0.25) is 0 Å². The Bertz CT molecular complexity index is 1010. The van der Waals surface area contributed by atoms with E-state index in [1.54, 1.807) is 40.0 Å². The normalized spacial score (nSPS) is 21.4. The quantitative estimate of drug-likeness (QED) is 0.602. The van der Waals surface area contributed by atoms with Gasteiger partial charge in [-0.25, -0.2) is 23.4 Å². The van der Waals surface area contributed by atoms with Gasteiger partial charge in [0.05, 0.1) is 18.9 Å². The molecule has 1 saturated heterocycles. The van der Waals surface area contributed by atoms with E-state index in [1.807, 2.05) is 4.90 Å². The third kappa shape index (κ3) is 4.73. The lowest BCUT2D eigenvalue weighted by molar-refractivity contribution is -0.146. The molecule has 8 nitrogen and oxygen atoms in total. The highest BCUT2D eigenvalue weighted by Gasteiger charge is 2.57. The van der Waals surface area contributed by atoms with E-state index in [0.29, 0.717) is 36.6 Å². The Hall–Kier alpha value is -2.75. The topological polar surface area (TPSA) is 81.2 Å². The van der Waals surface area contributed by atoms with Crippen molar-refractivity contribution in [1.82, 2.24) is 9.88 Å². The van der Waals surface area contributed by atoms with Gasteiger partial charge in [0.1, 0.15) is 11.4 Å². The number of carbonyl (C=O) groups is 2. The van der Waals surface area contributed by atoms with Gasteiger partial charge >= 0.3 is 12.1 Å². The van der Waals surface area contributed by atoms with Gasteiger partial charge in [-0.2, -0.15) is 0 Å². The van der Waals surface area contributed by atoms with Crippen LogP contribution in [-0.2, 0) is 14.2 Å². The second-order valence-corrected chi connectivity index (χ2v) is 10.3. The Labute approximate surface area is 197 Å². The highest BCUT2D eigenvalue weighted by Crippen LogP contribution is 2.58. The molecule has 1 spiro atoms. The maximum Gasteiger partial charge on any atom is 0.414 e. The van der Waals surface area contributed by atoms with E-state index >= 15 is 0 Å². The second kappa shape index (κ2) is 8.48. The van der Waals surface area contributed by atoms with Crippen molar-refractivity contribution in [2.24, 2.45) is 5.41 Å². The summed E-state index contributed by atoms with van der Waals surface area (Å²) >= 11 is 0. The summed E-state index contributed by atoms with van der Waals surface area (Å²) in [6.45, 7) is 6.66. The summed E-state index contributed by atoms with van der Waals surface area (Å²) in [5, 5.41) is 0. The van der Waals surface area contributed by atoms with E-state index in [1.165, 1.54) is 18.1 Å². The van der Waals surface area contributed by atoms with Crippen LogP contribution in [0.5, 0.6) is 0 Å². The monoisotopic (exact) mass is 479 g/mol. The molecular weight excluding hydrogens is 448 g/mol. The first-order valence-electron chi connectivity index (χ1n) is 11.3. The molecular formula is C24H31F2N3O5. The first-order valence-corrected chi connectivity index (χ1v) is 11.3. The maximum atomic E-state index is 13.9. The Morgan fingerprint density at radius 1 is 1.15 bits per heavy atom. The number of rotatable bonds is 4. The smallest absolute Gasteiger partial charge is 0.414 e. The van der Waals surface area contributed by atoms with Gasteiger partial charge in [0.25, 0.3) is 0 Å². The standard InChI is InChI=1S/C24H31F2N3O5/c1-22(2,3)34-21(31)29-9-8-23(13-24(25,26)14-23)10-18(29)16-6-7-17(20(30)33-5)27-19(16)28-11-15(12-28)32-4/h6-7,10,15H,8-9,11-14H2,1-5H3. The maximum absolute atomic E-state index is 13.9. The lowest BCUT2D eigenvalue weighted by Crippen LogP contribution is -2.53. The van der Waals surface area contributed by atoms with Gasteiger partial charge in [-0.05, 0) is 39.3 Å². The molecule has 0 unspecified atom stereocenters.